The lowest BCUT2D eigenvalue weighted by Crippen LogP contribution is -2.40. The predicted molar refractivity (Wildman–Crippen MR) is 76.4 cm³/mol. The lowest BCUT2D eigenvalue weighted by atomic mass is 10.1. The largest absolute Gasteiger partial charge is 0.377 e. The normalized spacial score (nSPS) is 19.9. The van der Waals surface area contributed by atoms with Crippen LogP contribution in [-0.2, 0) is 4.74 Å². The lowest BCUT2D eigenvalue weighted by molar-refractivity contribution is 0.0526. The van der Waals surface area contributed by atoms with Crippen molar-refractivity contribution < 1.29 is 9.53 Å². The zero-order valence-electron chi connectivity index (χ0n) is 10.6. The molecule has 0 radical (unpaired) electrons. The van der Waals surface area contributed by atoms with Crippen molar-refractivity contribution in [2.45, 2.75) is 25.9 Å². The first kappa shape index (κ1) is 13.6. The van der Waals surface area contributed by atoms with Gasteiger partial charge in [0.05, 0.1) is 6.10 Å². The van der Waals surface area contributed by atoms with Crippen LogP contribution in [0.2, 0.25) is 0 Å². The van der Waals surface area contributed by atoms with Crippen LogP contribution < -0.4 is 4.90 Å². The predicted octanol–water partition coefficient (Wildman–Crippen LogP) is 3.27. The van der Waals surface area contributed by atoms with E-state index in [2.05, 4.69) is 20.8 Å². The molecule has 0 N–H and O–H groups in total. The fourth-order valence-corrected chi connectivity index (χ4v) is 2.82. The zero-order valence-corrected chi connectivity index (χ0v) is 12.1. The van der Waals surface area contributed by atoms with Crippen LogP contribution in [-0.4, -0.2) is 32.1 Å². The van der Waals surface area contributed by atoms with Gasteiger partial charge >= 0.3 is 0 Å². The molecular formula is C14H18BrNO2. The summed E-state index contributed by atoms with van der Waals surface area (Å²) >= 11 is 3.40. The summed E-state index contributed by atoms with van der Waals surface area (Å²) in [6, 6.07) is 5.85. The van der Waals surface area contributed by atoms with E-state index in [0.29, 0.717) is 0 Å². The number of carbonyl (C=O) groups is 1. The SMILES string of the molecule is CCOC1CCCN(c2ccc(Br)cc2C=O)C1. The van der Waals surface area contributed by atoms with E-state index in [-0.39, 0.29) is 6.10 Å². The third kappa shape index (κ3) is 3.12. The Morgan fingerprint density at radius 2 is 2.39 bits per heavy atom. The van der Waals surface area contributed by atoms with Gasteiger partial charge in [-0.15, -0.1) is 0 Å². The highest BCUT2D eigenvalue weighted by Gasteiger charge is 2.21. The number of anilines is 1. The molecule has 4 heteroatoms. The van der Waals surface area contributed by atoms with Crippen LogP contribution in [0, 0.1) is 0 Å². The summed E-state index contributed by atoms with van der Waals surface area (Å²) in [5.74, 6) is 0. The lowest BCUT2D eigenvalue weighted by Gasteiger charge is -2.34. The maximum Gasteiger partial charge on any atom is 0.152 e. The number of ether oxygens (including phenoxy) is 1. The number of halogens is 1. The molecule has 0 aliphatic carbocycles. The molecule has 1 aromatic rings. The van der Waals surface area contributed by atoms with Gasteiger partial charge < -0.3 is 9.64 Å². The summed E-state index contributed by atoms with van der Waals surface area (Å²) in [5.41, 5.74) is 1.75. The van der Waals surface area contributed by atoms with Crippen molar-refractivity contribution in [3.8, 4) is 0 Å². The quantitative estimate of drug-likeness (QED) is 0.799. The van der Waals surface area contributed by atoms with Crippen molar-refractivity contribution in [2.75, 3.05) is 24.6 Å². The van der Waals surface area contributed by atoms with Gasteiger partial charge in [0.25, 0.3) is 0 Å². The Morgan fingerprint density at radius 3 is 3.11 bits per heavy atom. The third-order valence-corrected chi connectivity index (χ3v) is 3.73. The molecule has 1 unspecified atom stereocenters. The molecular weight excluding hydrogens is 294 g/mol. The van der Waals surface area contributed by atoms with Crippen LogP contribution in [0.3, 0.4) is 0 Å². The third-order valence-electron chi connectivity index (χ3n) is 3.24. The van der Waals surface area contributed by atoms with Crippen molar-refractivity contribution in [1.82, 2.24) is 0 Å². The van der Waals surface area contributed by atoms with Gasteiger partial charge in [-0.3, -0.25) is 4.79 Å². The van der Waals surface area contributed by atoms with Crippen LogP contribution in [0.5, 0.6) is 0 Å². The van der Waals surface area contributed by atoms with E-state index in [1.165, 1.54) is 0 Å². The average Bonchev–Trinajstić information content (AvgIpc) is 2.39. The van der Waals surface area contributed by atoms with E-state index >= 15 is 0 Å². The smallest absolute Gasteiger partial charge is 0.152 e. The molecule has 1 atom stereocenters. The van der Waals surface area contributed by atoms with Crippen molar-refractivity contribution in [2.24, 2.45) is 0 Å². The Hall–Kier alpha value is -0.870. The molecule has 0 bridgehead atoms. The Bertz CT molecular complexity index is 420. The average molecular weight is 312 g/mol. The van der Waals surface area contributed by atoms with Gasteiger partial charge in [0.2, 0.25) is 0 Å². The van der Waals surface area contributed by atoms with Gasteiger partial charge in [0.15, 0.2) is 6.29 Å². The van der Waals surface area contributed by atoms with E-state index in [9.17, 15) is 4.79 Å². The first-order chi connectivity index (χ1) is 8.74. The van der Waals surface area contributed by atoms with Gasteiger partial charge in [-0.05, 0) is 38.0 Å². The number of hydrogen-bond acceptors (Lipinski definition) is 3. The van der Waals surface area contributed by atoms with Crippen LogP contribution in [0.4, 0.5) is 5.69 Å². The second kappa shape index (κ2) is 6.34. The van der Waals surface area contributed by atoms with E-state index < -0.39 is 0 Å². The monoisotopic (exact) mass is 311 g/mol. The van der Waals surface area contributed by atoms with E-state index in [0.717, 1.165) is 54.5 Å². The number of benzene rings is 1. The van der Waals surface area contributed by atoms with Crippen LogP contribution >= 0.6 is 15.9 Å². The molecule has 1 fully saturated rings. The first-order valence-corrected chi connectivity index (χ1v) is 7.15. The number of rotatable bonds is 4. The molecule has 0 saturated carbocycles. The summed E-state index contributed by atoms with van der Waals surface area (Å²) in [6.07, 6.45) is 3.42. The highest BCUT2D eigenvalue weighted by molar-refractivity contribution is 9.10. The van der Waals surface area contributed by atoms with Gasteiger partial charge in [0.1, 0.15) is 0 Å². The number of nitrogens with zero attached hydrogens (tertiary/aromatic N) is 1. The molecule has 0 amide bonds. The van der Waals surface area contributed by atoms with Gasteiger partial charge in [-0.2, -0.15) is 0 Å². The van der Waals surface area contributed by atoms with Crippen molar-refractivity contribution >= 4 is 27.9 Å². The Balaban J connectivity index is 2.17. The minimum atomic E-state index is 0.284. The first-order valence-electron chi connectivity index (χ1n) is 6.36. The Kier molecular flexibility index (Phi) is 4.78. The number of carbonyl (C=O) groups excluding carboxylic acids is 1. The second-order valence-corrected chi connectivity index (χ2v) is 5.40. The minimum absolute atomic E-state index is 0.284. The van der Waals surface area contributed by atoms with Crippen molar-refractivity contribution in [1.29, 1.82) is 0 Å². The zero-order chi connectivity index (χ0) is 13.0. The maximum absolute atomic E-state index is 11.2. The molecule has 2 rings (SSSR count). The molecule has 1 saturated heterocycles. The minimum Gasteiger partial charge on any atom is -0.377 e. The topological polar surface area (TPSA) is 29.5 Å². The highest BCUT2D eigenvalue weighted by Crippen LogP contribution is 2.26. The molecule has 1 aliphatic heterocycles. The molecule has 0 spiro atoms. The van der Waals surface area contributed by atoms with Gasteiger partial charge in [-0.1, -0.05) is 15.9 Å². The standard InChI is InChI=1S/C14H18BrNO2/c1-2-18-13-4-3-7-16(9-13)14-6-5-12(15)8-11(14)10-17/h5-6,8,10,13H,2-4,7,9H2,1H3. The molecule has 1 heterocycles. The fraction of sp³-hybridized carbons (Fsp3) is 0.500. The maximum atomic E-state index is 11.2. The molecule has 1 aliphatic rings. The van der Waals surface area contributed by atoms with Crippen LogP contribution in [0.1, 0.15) is 30.1 Å². The Morgan fingerprint density at radius 1 is 1.56 bits per heavy atom. The Labute approximate surface area is 116 Å². The highest BCUT2D eigenvalue weighted by atomic mass is 79.9. The molecule has 98 valence electrons. The summed E-state index contributed by atoms with van der Waals surface area (Å²) in [5, 5.41) is 0. The summed E-state index contributed by atoms with van der Waals surface area (Å²) in [7, 11) is 0. The van der Waals surface area contributed by atoms with E-state index in [1.807, 2.05) is 25.1 Å². The van der Waals surface area contributed by atoms with Gasteiger partial charge in [-0.25, -0.2) is 0 Å². The number of hydrogen-bond donors (Lipinski definition) is 0. The van der Waals surface area contributed by atoms with Crippen LogP contribution in [0.15, 0.2) is 22.7 Å². The fourth-order valence-electron chi connectivity index (χ4n) is 2.44. The number of piperidine rings is 1. The molecule has 0 aromatic heterocycles. The number of aldehydes is 1. The van der Waals surface area contributed by atoms with Crippen LogP contribution in [0.25, 0.3) is 0 Å². The van der Waals surface area contributed by atoms with E-state index in [1.54, 1.807) is 0 Å². The molecule has 18 heavy (non-hydrogen) atoms. The molecule has 1 aromatic carbocycles. The summed E-state index contributed by atoms with van der Waals surface area (Å²) < 4.78 is 6.63. The molecule has 3 nitrogen and oxygen atoms in total. The summed E-state index contributed by atoms with van der Waals surface area (Å²) in [6.45, 7) is 4.64. The summed E-state index contributed by atoms with van der Waals surface area (Å²) in [4.78, 5) is 13.4. The second-order valence-electron chi connectivity index (χ2n) is 4.49. The van der Waals surface area contributed by atoms with Crippen molar-refractivity contribution in [3.05, 3.63) is 28.2 Å². The van der Waals surface area contributed by atoms with Crippen molar-refractivity contribution in [3.63, 3.8) is 0 Å². The van der Waals surface area contributed by atoms with Gasteiger partial charge in [0, 0.05) is 35.4 Å². The van der Waals surface area contributed by atoms with E-state index in [4.69, 9.17) is 4.74 Å².